The fraction of sp³-hybridized carbons (Fsp3) is 0.182. The third kappa shape index (κ3) is 4.31. The normalized spacial score (nSPS) is 23.2. The second kappa shape index (κ2) is 8.81. The number of rotatable bonds is 5. The first kappa shape index (κ1) is 20.8. The molecule has 9 heteroatoms. The maximum absolute atomic E-state index is 6.57. The molecule has 3 heterocycles. The maximum atomic E-state index is 6.57. The van der Waals surface area contributed by atoms with Crippen molar-refractivity contribution in [3.8, 4) is 22.2 Å². The number of hydrogen-bond donors (Lipinski definition) is 1. The van der Waals surface area contributed by atoms with E-state index in [0.29, 0.717) is 16.7 Å². The number of aromatic nitrogens is 3. The van der Waals surface area contributed by atoms with Gasteiger partial charge in [0.05, 0.1) is 28.2 Å². The van der Waals surface area contributed by atoms with E-state index in [1.165, 1.54) is 11.3 Å². The highest BCUT2D eigenvalue weighted by Gasteiger charge is 2.44. The number of alkyl halides is 2. The topological polar surface area (TPSA) is 60.0 Å². The largest absolute Gasteiger partial charge is 0.438 e. The highest BCUT2D eigenvalue weighted by Crippen LogP contribution is 2.46. The summed E-state index contributed by atoms with van der Waals surface area (Å²) in [5.41, 5.74) is 2.66. The van der Waals surface area contributed by atoms with Crippen LogP contribution in [0.5, 0.6) is 11.6 Å². The molecule has 1 saturated heterocycles. The minimum Gasteiger partial charge on any atom is -0.438 e. The van der Waals surface area contributed by atoms with E-state index in [4.69, 9.17) is 44.3 Å². The highest BCUT2D eigenvalue weighted by atomic mass is 35.5. The molecule has 5 rings (SSSR count). The van der Waals surface area contributed by atoms with Crippen molar-refractivity contribution in [1.82, 2.24) is 15.0 Å². The molecule has 5 nitrogen and oxygen atoms in total. The molecular formula is C22H16Cl3N3O2S. The first-order valence-electron chi connectivity index (χ1n) is 9.50. The zero-order valence-electron chi connectivity index (χ0n) is 15.9. The van der Waals surface area contributed by atoms with Crippen LogP contribution in [-0.4, -0.2) is 25.7 Å². The summed E-state index contributed by atoms with van der Waals surface area (Å²) in [6, 6.07) is 15.2. The molecule has 1 aliphatic rings. The Kier molecular flexibility index (Phi) is 5.91. The summed E-state index contributed by atoms with van der Waals surface area (Å²) in [6.07, 6.45) is 2.67. The Balaban J connectivity index is 1.28. The highest BCUT2D eigenvalue weighted by molar-refractivity contribution is 7.13. The fourth-order valence-corrected chi connectivity index (χ4v) is 4.95. The summed E-state index contributed by atoms with van der Waals surface area (Å²) in [6.45, 7) is 0. The van der Waals surface area contributed by atoms with Crippen molar-refractivity contribution in [2.75, 3.05) is 0 Å². The van der Waals surface area contributed by atoms with E-state index < -0.39 is 0 Å². The summed E-state index contributed by atoms with van der Waals surface area (Å²) in [7, 11) is 0. The van der Waals surface area contributed by atoms with Gasteiger partial charge in [-0.1, -0.05) is 35.9 Å². The molecule has 0 spiro atoms. The Labute approximate surface area is 197 Å². The predicted octanol–water partition coefficient (Wildman–Crippen LogP) is 7.01. The summed E-state index contributed by atoms with van der Waals surface area (Å²) >= 11 is 20.5. The van der Waals surface area contributed by atoms with Gasteiger partial charge in [0.15, 0.2) is 0 Å². The molecule has 158 valence electrons. The van der Waals surface area contributed by atoms with Crippen molar-refractivity contribution in [2.45, 2.75) is 23.0 Å². The summed E-state index contributed by atoms with van der Waals surface area (Å²) < 4.78 is 12.0. The van der Waals surface area contributed by atoms with Gasteiger partial charge >= 0.3 is 0 Å². The standard InChI is InChI=1S/C22H16Cl3N3O2S/c23-14-5-1-13(2-6-14)22-28-17(10-31-22)29-15-7-3-12(4-8-15)20-18(24)19(25)21(30-20)16-9-26-11-27-16/h1-11,18-21H,(H,26,27)/t18-,19?,20?,21?/m0/s1. The molecule has 0 bridgehead atoms. The number of H-pyrrole nitrogens is 1. The summed E-state index contributed by atoms with van der Waals surface area (Å²) in [4.78, 5) is 11.7. The Bertz CT molecular complexity index is 1150. The molecule has 31 heavy (non-hydrogen) atoms. The van der Waals surface area contributed by atoms with Gasteiger partial charge in [-0.05, 0) is 29.8 Å². The van der Waals surface area contributed by atoms with Crippen LogP contribution >= 0.6 is 46.1 Å². The van der Waals surface area contributed by atoms with Crippen molar-refractivity contribution >= 4 is 46.1 Å². The second-order valence-electron chi connectivity index (χ2n) is 7.03. The van der Waals surface area contributed by atoms with Crippen molar-refractivity contribution in [3.63, 3.8) is 0 Å². The molecule has 1 aliphatic heterocycles. The Hall–Kier alpha value is -2.09. The van der Waals surface area contributed by atoms with Gasteiger partial charge in [-0.15, -0.1) is 34.5 Å². The Morgan fingerprint density at radius 1 is 0.968 bits per heavy atom. The van der Waals surface area contributed by atoms with E-state index in [2.05, 4.69) is 15.0 Å². The van der Waals surface area contributed by atoms with Crippen molar-refractivity contribution in [1.29, 1.82) is 0 Å². The summed E-state index contributed by atoms with van der Waals surface area (Å²) in [5, 5.41) is 2.67. The second-order valence-corrected chi connectivity index (χ2v) is 9.33. The number of nitrogens with zero attached hydrogens (tertiary/aromatic N) is 2. The van der Waals surface area contributed by atoms with Crippen LogP contribution < -0.4 is 4.74 Å². The molecule has 0 saturated carbocycles. The molecular weight excluding hydrogens is 477 g/mol. The molecule has 1 fully saturated rings. The summed E-state index contributed by atoms with van der Waals surface area (Å²) in [5.74, 6) is 1.21. The molecule has 3 unspecified atom stereocenters. The number of thiazole rings is 1. The lowest BCUT2D eigenvalue weighted by molar-refractivity contribution is 0.0434. The van der Waals surface area contributed by atoms with Crippen molar-refractivity contribution in [2.24, 2.45) is 0 Å². The third-order valence-corrected chi connectivity index (χ3v) is 7.24. The smallest absolute Gasteiger partial charge is 0.230 e. The van der Waals surface area contributed by atoms with Gasteiger partial charge < -0.3 is 14.5 Å². The van der Waals surface area contributed by atoms with Gasteiger partial charge in [0, 0.05) is 16.8 Å². The van der Waals surface area contributed by atoms with E-state index in [-0.39, 0.29) is 23.0 Å². The Morgan fingerprint density at radius 2 is 1.71 bits per heavy atom. The molecule has 0 aliphatic carbocycles. The van der Waals surface area contributed by atoms with E-state index in [1.807, 2.05) is 53.9 Å². The van der Waals surface area contributed by atoms with Gasteiger partial charge in [0.1, 0.15) is 23.0 Å². The lowest BCUT2D eigenvalue weighted by Gasteiger charge is -2.14. The van der Waals surface area contributed by atoms with E-state index >= 15 is 0 Å². The number of aromatic amines is 1. The van der Waals surface area contributed by atoms with Crippen LogP contribution in [0.1, 0.15) is 23.5 Å². The molecule has 2 aromatic heterocycles. The van der Waals surface area contributed by atoms with Gasteiger partial charge in [-0.2, -0.15) is 0 Å². The number of hydrogen-bond acceptors (Lipinski definition) is 5. The first-order chi connectivity index (χ1) is 15.1. The third-order valence-electron chi connectivity index (χ3n) is 4.99. The monoisotopic (exact) mass is 491 g/mol. The van der Waals surface area contributed by atoms with Gasteiger partial charge in [0.25, 0.3) is 0 Å². The number of halogens is 3. The quantitative estimate of drug-likeness (QED) is 0.304. The van der Waals surface area contributed by atoms with Crippen molar-refractivity contribution < 1.29 is 9.47 Å². The maximum Gasteiger partial charge on any atom is 0.230 e. The Morgan fingerprint density at radius 3 is 2.42 bits per heavy atom. The average Bonchev–Trinajstić information content (AvgIpc) is 3.52. The van der Waals surface area contributed by atoms with Gasteiger partial charge in [-0.25, -0.2) is 9.97 Å². The van der Waals surface area contributed by atoms with Crippen LogP contribution in [0.4, 0.5) is 0 Å². The lowest BCUT2D eigenvalue weighted by Crippen LogP contribution is -2.16. The fourth-order valence-electron chi connectivity index (χ4n) is 3.44. The molecule has 1 N–H and O–H groups in total. The van der Waals surface area contributed by atoms with Crippen LogP contribution in [0, 0.1) is 0 Å². The van der Waals surface area contributed by atoms with E-state index in [1.54, 1.807) is 12.5 Å². The van der Waals surface area contributed by atoms with Gasteiger partial charge in [0.2, 0.25) is 5.88 Å². The van der Waals surface area contributed by atoms with Crippen LogP contribution in [0.15, 0.2) is 66.4 Å². The van der Waals surface area contributed by atoms with Crippen LogP contribution in [0.25, 0.3) is 10.6 Å². The van der Waals surface area contributed by atoms with Crippen LogP contribution in [-0.2, 0) is 4.74 Å². The lowest BCUT2D eigenvalue weighted by atomic mass is 10.0. The van der Waals surface area contributed by atoms with Crippen molar-refractivity contribution in [3.05, 3.63) is 82.7 Å². The molecule has 4 atom stereocenters. The zero-order chi connectivity index (χ0) is 21.4. The number of benzene rings is 2. The molecule has 4 aromatic rings. The minimum absolute atomic E-state index is 0.337. The number of nitrogens with one attached hydrogen (secondary N) is 1. The van der Waals surface area contributed by atoms with E-state index in [0.717, 1.165) is 21.8 Å². The molecule has 0 amide bonds. The van der Waals surface area contributed by atoms with Crippen LogP contribution in [0.3, 0.4) is 0 Å². The van der Waals surface area contributed by atoms with Crippen LogP contribution in [0.2, 0.25) is 5.02 Å². The molecule has 2 aromatic carbocycles. The SMILES string of the molecule is Clc1ccc(-c2nc(Oc3ccc(C4OC(c5c[nH]cn5)C(Cl)[C@@H]4Cl)cc3)cs2)cc1. The van der Waals surface area contributed by atoms with Gasteiger partial charge in [-0.3, -0.25) is 0 Å². The predicted molar refractivity (Wildman–Crippen MR) is 124 cm³/mol. The first-order valence-corrected chi connectivity index (χ1v) is 11.6. The average molecular weight is 493 g/mol. The number of ether oxygens (including phenoxy) is 2. The minimum atomic E-state index is -0.382. The zero-order valence-corrected chi connectivity index (χ0v) is 19.0. The molecule has 0 radical (unpaired) electrons. The number of imidazole rings is 1. The van der Waals surface area contributed by atoms with E-state index in [9.17, 15) is 0 Å².